The third-order valence-electron chi connectivity index (χ3n) is 4.35. The Kier molecular flexibility index (Phi) is 6.58. The summed E-state index contributed by atoms with van der Waals surface area (Å²) in [5, 5.41) is 12.0. The second-order valence-corrected chi connectivity index (χ2v) is 6.44. The zero-order valence-electron chi connectivity index (χ0n) is 16.4. The van der Waals surface area contributed by atoms with Crippen LogP contribution in [0.4, 0.5) is 14.6 Å². The number of hydrogen-bond acceptors (Lipinski definition) is 5. The first-order chi connectivity index (χ1) is 14.4. The fourth-order valence-electron chi connectivity index (χ4n) is 2.84. The van der Waals surface area contributed by atoms with Crippen molar-refractivity contribution < 1.29 is 28.2 Å². The average molecular weight is 414 g/mol. The summed E-state index contributed by atoms with van der Waals surface area (Å²) in [5.41, 5.74) is 1.18. The zero-order valence-corrected chi connectivity index (χ0v) is 16.4. The molecule has 2 aromatic carbocycles. The third-order valence-corrected chi connectivity index (χ3v) is 4.35. The van der Waals surface area contributed by atoms with Gasteiger partial charge in [0.2, 0.25) is 11.7 Å². The number of rotatable bonds is 7. The van der Waals surface area contributed by atoms with Crippen molar-refractivity contribution in [1.29, 1.82) is 0 Å². The number of methoxy groups -OCH3 is 1. The normalized spacial score (nSPS) is 10.6. The molecular formula is C22H20F2N2O4. The van der Waals surface area contributed by atoms with Crippen LogP contribution < -0.4 is 14.8 Å². The van der Waals surface area contributed by atoms with Crippen LogP contribution in [-0.2, 0) is 18.0 Å². The number of carbonyl (C=O) groups excluding carboxylic acids is 1. The fourth-order valence-corrected chi connectivity index (χ4v) is 2.84. The van der Waals surface area contributed by atoms with Crippen molar-refractivity contribution in [3.05, 3.63) is 71.4 Å². The number of ether oxygens (including phenoxy) is 2. The number of nitrogens with zero attached hydrogens (tertiary/aromatic N) is 1. The molecule has 0 aliphatic carbocycles. The first-order valence-electron chi connectivity index (χ1n) is 9.04. The monoisotopic (exact) mass is 414 g/mol. The van der Waals surface area contributed by atoms with Crippen LogP contribution in [0.15, 0.2) is 48.7 Å². The first-order valence-corrected chi connectivity index (χ1v) is 9.04. The van der Waals surface area contributed by atoms with Gasteiger partial charge in [0, 0.05) is 24.2 Å². The van der Waals surface area contributed by atoms with Crippen LogP contribution in [0.3, 0.4) is 0 Å². The number of aliphatic hydroxyl groups excluding tert-OH is 1. The molecule has 0 bridgehead atoms. The molecule has 0 fully saturated rings. The van der Waals surface area contributed by atoms with Gasteiger partial charge in [0.25, 0.3) is 0 Å². The second-order valence-electron chi connectivity index (χ2n) is 6.44. The van der Waals surface area contributed by atoms with E-state index in [1.807, 2.05) is 0 Å². The van der Waals surface area contributed by atoms with E-state index in [-0.39, 0.29) is 40.8 Å². The molecule has 8 heteroatoms. The minimum absolute atomic E-state index is 0.0452. The van der Waals surface area contributed by atoms with Gasteiger partial charge in [-0.1, -0.05) is 12.1 Å². The molecule has 0 aliphatic heterocycles. The van der Waals surface area contributed by atoms with Gasteiger partial charge in [0.1, 0.15) is 18.2 Å². The van der Waals surface area contributed by atoms with Gasteiger partial charge in [-0.2, -0.15) is 4.39 Å². The Morgan fingerprint density at radius 3 is 2.47 bits per heavy atom. The van der Waals surface area contributed by atoms with Crippen LogP contribution in [0.25, 0.3) is 11.1 Å². The quantitative estimate of drug-likeness (QED) is 0.609. The molecule has 0 radical (unpaired) electrons. The molecule has 2 N–H and O–H groups in total. The molecule has 1 aromatic heterocycles. The summed E-state index contributed by atoms with van der Waals surface area (Å²) in [6.07, 6.45) is 1.30. The fraction of sp³-hybridized carbons (Fsp3) is 0.182. The van der Waals surface area contributed by atoms with Gasteiger partial charge in [-0.05, 0) is 41.5 Å². The minimum atomic E-state index is -1.15. The van der Waals surface area contributed by atoms with Gasteiger partial charge < -0.3 is 19.9 Å². The topological polar surface area (TPSA) is 80.7 Å². The standard InChI is InChI=1S/C22H20F2N2O4/c1-13(28)26-20-9-18(15(11-27)10-25-20)17-7-8-19(22(24)21(17)23)30-12-14-3-5-16(29-2)6-4-14/h3-10,27H,11-12H2,1-2H3,(H,25,26,28). The Morgan fingerprint density at radius 2 is 1.83 bits per heavy atom. The molecule has 0 atom stereocenters. The van der Waals surface area contributed by atoms with Crippen molar-refractivity contribution in [2.75, 3.05) is 12.4 Å². The SMILES string of the molecule is COc1ccc(COc2ccc(-c3cc(NC(C)=O)ncc3CO)c(F)c2F)cc1. The third kappa shape index (κ3) is 4.72. The van der Waals surface area contributed by atoms with E-state index in [2.05, 4.69) is 10.3 Å². The largest absolute Gasteiger partial charge is 0.497 e. The van der Waals surface area contributed by atoms with E-state index >= 15 is 0 Å². The average Bonchev–Trinajstić information content (AvgIpc) is 2.75. The van der Waals surface area contributed by atoms with Crippen LogP contribution in [0, 0.1) is 11.6 Å². The summed E-state index contributed by atoms with van der Waals surface area (Å²) in [6, 6.07) is 11.1. The van der Waals surface area contributed by atoms with Crippen LogP contribution in [-0.4, -0.2) is 23.1 Å². The molecule has 0 unspecified atom stereocenters. The minimum Gasteiger partial charge on any atom is -0.497 e. The Morgan fingerprint density at radius 1 is 1.10 bits per heavy atom. The maximum absolute atomic E-state index is 14.8. The predicted molar refractivity (Wildman–Crippen MR) is 107 cm³/mol. The summed E-state index contributed by atoms with van der Waals surface area (Å²) in [6.45, 7) is 0.916. The Labute approximate surface area is 172 Å². The van der Waals surface area contributed by atoms with E-state index < -0.39 is 18.2 Å². The number of halogens is 2. The van der Waals surface area contributed by atoms with E-state index in [9.17, 15) is 18.7 Å². The number of amides is 1. The number of aromatic nitrogens is 1. The van der Waals surface area contributed by atoms with Crippen LogP contribution >= 0.6 is 0 Å². The van der Waals surface area contributed by atoms with Crippen LogP contribution in [0.1, 0.15) is 18.1 Å². The van der Waals surface area contributed by atoms with Crippen molar-refractivity contribution in [3.63, 3.8) is 0 Å². The van der Waals surface area contributed by atoms with E-state index in [0.717, 1.165) is 5.56 Å². The Bertz CT molecular complexity index is 1060. The van der Waals surface area contributed by atoms with Gasteiger partial charge in [-0.25, -0.2) is 9.37 Å². The molecule has 0 spiro atoms. The maximum atomic E-state index is 14.8. The second kappa shape index (κ2) is 9.32. The molecule has 3 aromatic rings. The van der Waals surface area contributed by atoms with Crippen molar-refractivity contribution in [3.8, 4) is 22.6 Å². The van der Waals surface area contributed by atoms with Crippen molar-refractivity contribution in [2.45, 2.75) is 20.1 Å². The molecule has 1 heterocycles. The number of anilines is 1. The lowest BCUT2D eigenvalue weighted by molar-refractivity contribution is -0.114. The zero-order chi connectivity index (χ0) is 21.7. The summed E-state index contributed by atoms with van der Waals surface area (Å²) in [4.78, 5) is 15.2. The summed E-state index contributed by atoms with van der Waals surface area (Å²) in [7, 11) is 1.55. The summed E-state index contributed by atoms with van der Waals surface area (Å²) in [5.74, 6) is -2.04. The molecule has 30 heavy (non-hydrogen) atoms. The first kappa shape index (κ1) is 21.2. The van der Waals surface area contributed by atoms with Gasteiger partial charge >= 0.3 is 0 Å². The molecule has 0 saturated heterocycles. The highest BCUT2D eigenvalue weighted by Gasteiger charge is 2.19. The smallest absolute Gasteiger partial charge is 0.222 e. The molecule has 0 aliphatic rings. The highest BCUT2D eigenvalue weighted by molar-refractivity contribution is 5.88. The van der Waals surface area contributed by atoms with E-state index in [1.165, 1.54) is 31.3 Å². The highest BCUT2D eigenvalue weighted by Crippen LogP contribution is 2.33. The van der Waals surface area contributed by atoms with E-state index in [4.69, 9.17) is 9.47 Å². The predicted octanol–water partition coefficient (Wildman–Crippen LogP) is 4.07. The molecule has 1 amide bonds. The molecule has 3 rings (SSSR count). The lowest BCUT2D eigenvalue weighted by atomic mass is 10.0. The Balaban J connectivity index is 1.87. The number of aliphatic hydroxyl groups is 1. The summed E-state index contributed by atoms with van der Waals surface area (Å²) >= 11 is 0. The highest BCUT2D eigenvalue weighted by atomic mass is 19.2. The number of benzene rings is 2. The maximum Gasteiger partial charge on any atom is 0.222 e. The van der Waals surface area contributed by atoms with Gasteiger partial charge in [0.05, 0.1) is 13.7 Å². The molecule has 6 nitrogen and oxygen atoms in total. The van der Waals surface area contributed by atoms with Gasteiger partial charge in [-0.15, -0.1) is 0 Å². The number of carbonyl (C=O) groups is 1. The van der Waals surface area contributed by atoms with Crippen molar-refractivity contribution in [2.24, 2.45) is 0 Å². The number of nitrogens with one attached hydrogen (secondary N) is 1. The van der Waals surface area contributed by atoms with Crippen LogP contribution in [0.2, 0.25) is 0 Å². The molecule has 0 saturated carbocycles. The van der Waals surface area contributed by atoms with Crippen LogP contribution in [0.5, 0.6) is 11.5 Å². The van der Waals surface area contributed by atoms with Crippen molar-refractivity contribution >= 4 is 11.7 Å². The number of pyridine rings is 1. The molecular weight excluding hydrogens is 394 g/mol. The lowest BCUT2D eigenvalue weighted by Gasteiger charge is -2.14. The van der Waals surface area contributed by atoms with Gasteiger partial charge in [0.15, 0.2) is 11.6 Å². The molecule has 156 valence electrons. The van der Waals surface area contributed by atoms with E-state index in [0.29, 0.717) is 5.75 Å². The van der Waals surface area contributed by atoms with Crippen molar-refractivity contribution in [1.82, 2.24) is 4.98 Å². The number of hydrogen-bond donors (Lipinski definition) is 2. The van der Waals surface area contributed by atoms with E-state index in [1.54, 1.807) is 31.4 Å². The Hall–Kier alpha value is -3.52. The van der Waals surface area contributed by atoms with Gasteiger partial charge in [-0.3, -0.25) is 4.79 Å². The summed E-state index contributed by atoms with van der Waals surface area (Å²) < 4.78 is 40.0. The lowest BCUT2D eigenvalue weighted by Crippen LogP contribution is -2.08.